The van der Waals surface area contributed by atoms with Gasteiger partial charge >= 0.3 is 5.97 Å². The lowest BCUT2D eigenvalue weighted by Crippen LogP contribution is -2.22. The van der Waals surface area contributed by atoms with Gasteiger partial charge < -0.3 is 5.11 Å². The van der Waals surface area contributed by atoms with Crippen molar-refractivity contribution in [3.05, 3.63) is 46.3 Å². The highest BCUT2D eigenvalue weighted by Crippen LogP contribution is 2.34. The molecule has 1 saturated heterocycles. The fourth-order valence-corrected chi connectivity index (χ4v) is 4.05. The molecule has 0 saturated carbocycles. The van der Waals surface area contributed by atoms with Gasteiger partial charge in [0.05, 0.1) is 5.92 Å². The van der Waals surface area contributed by atoms with Crippen LogP contribution in [0.4, 0.5) is 0 Å². The summed E-state index contributed by atoms with van der Waals surface area (Å²) in [5.41, 5.74) is 1.06. The van der Waals surface area contributed by atoms with E-state index in [1.807, 2.05) is 24.3 Å². The first-order valence-corrected chi connectivity index (χ1v) is 8.11. The molecule has 3 nitrogen and oxygen atoms in total. The summed E-state index contributed by atoms with van der Waals surface area (Å²) in [4.78, 5) is 15.6. The van der Waals surface area contributed by atoms with Gasteiger partial charge in [0.25, 0.3) is 0 Å². The van der Waals surface area contributed by atoms with Gasteiger partial charge in [-0.15, -0.1) is 11.3 Å². The lowest BCUT2D eigenvalue weighted by molar-refractivity contribution is -0.141. The topological polar surface area (TPSA) is 40.5 Å². The third-order valence-electron chi connectivity index (χ3n) is 3.80. The van der Waals surface area contributed by atoms with Crippen molar-refractivity contribution in [2.45, 2.75) is 13.0 Å². The van der Waals surface area contributed by atoms with E-state index in [2.05, 4.69) is 17.0 Å². The molecule has 110 valence electrons. The number of hydrogen-bond acceptors (Lipinski definition) is 3. The third-order valence-corrected chi connectivity index (χ3v) is 5.23. The van der Waals surface area contributed by atoms with Crippen LogP contribution in [0.2, 0.25) is 5.02 Å². The average molecular weight is 322 g/mol. The third kappa shape index (κ3) is 3.28. The molecule has 1 fully saturated rings. The van der Waals surface area contributed by atoms with Gasteiger partial charge in [-0.3, -0.25) is 9.69 Å². The van der Waals surface area contributed by atoms with E-state index in [1.165, 1.54) is 4.88 Å². The molecule has 1 aromatic heterocycles. The zero-order valence-corrected chi connectivity index (χ0v) is 13.0. The van der Waals surface area contributed by atoms with Crippen LogP contribution < -0.4 is 0 Å². The molecule has 3 rings (SSSR count). The van der Waals surface area contributed by atoms with E-state index >= 15 is 0 Å². The van der Waals surface area contributed by atoms with Crippen molar-refractivity contribution in [2.75, 3.05) is 13.1 Å². The molecule has 2 heterocycles. The van der Waals surface area contributed by atoms with Crippen LogP contribution in [0, 0.1) is 5.92 Å². The number of likely N-dealkylation sites (tertiary alicyclic amines) is 1. The fourth-order valence-electron chi connectivity index (χ4n) is 2.67. The number of carboxylic acids is 1. The molecule has 5 heteroatoms. The van der Waals surface area contributed by atoms with Crippen molar-refractivity contribution in [1.82, 2.24) is 4.90 Å². The van der Waals surface area contributed by atoms with Crippen LogP contribution >= 0.6 is 22.9 Å². The molecule has 1 aliphatic rings. The number of nitrogens with zero attached hydrogens (tertiary/aromatic N) is 1. The molecule has 0 radical (unpaired) electrons. The van der Waals surface area contributed by atoms with E-state index in [0.717, 1.165) is 35.0 Å². The first-order valence-electron chi connectivity index (χ1n) is 6.92. The van der Waals surface area contributed by atoms with E-state index in [9.17, 15) is 4.79 Å². The van der Waals surface area contributed by atoms with Crippen molar-refractivity contribution < 1.29 is 9.90 Å². The summed E-state index contributed by atoms with van der Waals surface area (Å²) >= 11 is 7.95. The minimum Gasteiger partial charge on any atom is -0.481 e. The SMILES string of the molecule is O=C(O)C1CCN(Cc2ccc(-c3ccccc3Cl)s2)C1. The minimum absolute atomic E-state index is 0.215. The highest BCUT2D eigenvalue weighted by atomic mass is 35.5. The van der Waals surface area contributed by atoms with Crippen molar-refractivity contribution in [1.29, 1.82) is 0 Å². The molecular formula is C16H16ClNO2S. The Bertz CT molecular complexity index is 655. The Morgan fingerprint density at radius 3 is 2.86 bits per heavy atom. The van der Waals surface area contributed by atoms with Crippen molar-refractivity contribution in [3.8, 4) is 10.4 Å². The molecule has 1 atom stereocenters. The Morgan fingerprint density at radius 1 is 1.33 bits per heavy atom. The Kier molecular flexibility index (Phi) is 4.29. The summed E-state index contributed by atoms with van der Waals surface area (Å²) in [5, 5.41) is 9.80. The van der Waals surface area contributed by atoms with Crippen LogP contribution in [0.1, 0.15) is 11.3 Å². The maximum Gasteiger partial charge on any atom is 0.307 e. The molecule has 0 bridgehead atoms. The lowest BCUT2D eigenvalue weighted by atomic mass is 10.1. The highest BCUT2D eigenvalue weighted by Gasteiger charge is 2.28. The minimum atomic E-state index is -0.680. The standard InChI is InChI=1S/C16H16ClNO2S/c17-14-4-2-1-3-13(14)15-6-5-12(21-15)10-18-8-7-11(9-18)16(19)20/h1-6,11H,7-10H2,(H,19,20). The Hall–Kier alpha value is -1.36. The predicted molar refractivity (Wildman–Crippen MR) is 85.8 cm³/mol. The van der Waals surface area contributed by atoms with E-state index in [1.54, 1.807) is 11.3 Å². The molecule has 1 N–H and O–H groups in total. The largest absolute Gasteiger partial charge is 0.481 e. The van der Waals surface area contributed by atoms with Gasteiger partial charge in [0.15, 0.2) is 0 Å². The zero-order valence-electron chi connectivity index (χ0n) is 11.5. The van der Waals surface area contributed by atoms with Gasteiger partial charge in [0, 0.05) is 33.4 Å². The second kappa shape index (κ2) is 6.18. The Labute approximate surface area is 132 Å². The Balaban J connectivity index is 1.69. The molecule has 0 amide bonds. The first kappa shape index (κ1) is 14.6. The molecule has 21 heavy (non-hydrogen) atoms. The molecule has 0 aliphatic carbocycles. The van der Waals surface area contributed by atoms with E-state index in [-0.39, 0.29) is 5.92 Å². The summed E-state index contributed by atoms with van der Waals surface area (Å²) in [6.07, 6.45) is 0.748. The number of hydrogen-bond donors (Lipinski definition) is 1. The predicted octanol–water partition coefficient (Wildman–Crippen LogP) is 3.98. The highest BCUT2D eigenvalue weighted by molar-refractivity contribution is 7.15. The van der Waals surface area contributed by atoms with Crippen LogP contribution in [0.15, 0.2) is 36.4 Å². The number of carboxylic acid groups (broad SMARTS) is 1. The van der Waals surface area contributed by atoms with Gasteiger partial charge in [-0.25, -0.2) is 0 Å². The number of thiophene rings is 1. The molecule has 1 aromatic carbocycles. The number of rotatable bonds is 4. The first-order chi connectivity index (χ1) is 10.1. The molecule has 0 spiro atoms. The van der Waals surface area contributed by atoms with E-state index in [4.69, 9.17) is 16.7 Å². The quantitative estimate of drug-likeness (QED) is 0.926. The summed E-state index contributed by atoms with van der Waals surface area (Å²) in [6, 6.07) is 12.0. The van der Waals surface area contributed by atoms with Crippen LogP contribution in [-0.4, -0.2) is 29.1 Å². The smallest absolute Gasteiger partial charge is 0.307 e. The number of benzene rings is 1. The maximum atomic E-state index is 11.0. The number of aliphatic carboxylic acids is 1. The molecule has 1 unspecified atom stereocenters. The molecule has 1 aliphatic heterocycles. The maximum absolute atomic E-state index is 11.0. The van der Waals surface area contributed by atoms with Crippen molar-refractivity contribution in [3.63, 3.8) is 0 Å². The zero-order chi connectivity index (χ0) is 14.8. The monoisotopic (exact) mass is 321 g/mol. The second-order valence-corrected chi connectivity index (χ2v) is 6.88. The van der Waals surface area contributed by atoms with Crippen molar-refractivity contribution in [2.24, 2.45) is 5.92 Å². The summed E-state index contributed by atoms with van der Waals surface area (Å²) in [5.74, 6) is -0.895. The van der Waals surface area contributed by atoms with Gasteiger partial charge in [-0.2, -0.15) is 0 Å². The van der Waals surface area contributed by atoms with Crippen molar-refractivity contribution >= 4 is 28.9 Å². The Morgan fingerprint density at radius 2 is 2.14 bits per heavy atom. The number of carbonyl (C=O) groups is 1. The van der Waals surface area contributed by atoms with Crippen LogP contribution in [0.25, 0.3) is 10.4 Å². The van der Waals surface area contributed by atoms with Gasteiger partial charge in [-0.05, 0) is 31.2 Å². The van der Waals surface area contributed by atoms with Gasteiger partial charge in [0.2, 0.25) is 0 Å². The summed E-state index contributed by atoms with van der Waals surface area (Å²) in [7, 11) is 0. The second-order valence-electron chi connectivity index (χ2n) is 5.30. The van der Waals surface area contributed by atoms with Gasteiger partial charge in [-0.1, -0.05) is 29.8 Å². The normalized spacial score (nSPS) is 19.0. The summed E-state index contributed by atoms with van der Waals surface area (Å²) in [6.45, 7) is 2.32. The van der Waals surface area contributed by atoms with Crippen LogP contribution in [0.3, 0.4) is 0 Å². The molecule has 2 aromatic rings. The van der Waals surface area contributed by atoms with E-state index < -0.39 is 5.97 Å². The molecular weight excluding hydrogens is 306 g/mol. The fraction of sp³-hybridized carbons (Fsp3) is 0.312. The average Bonchev–Trinajstić information content (AvgIpc) is 3.09. The summed E-state index contributed by atoms with van der Waals surface area (Å²) < 4.78 is 0. The number of halogens is 1. The lowest BCUT2D eigenvalue weighted by Gasteiger charge is -2.13. The van der Waals surface area contributed by atoms with Gasteiger partial charge in [0.1, 0.15) is 0 Å². The van der Waals surface area contributed by atoms with E-state index in [0.29, 0.717) is 6.54 Å². The van der Waals surface area contributed by atoms with Crippen LogP contribution in [0.5, 0.6) is 0 Å². The van der Waals surface area contributed by atoms with Crippen LogP contribution in [-0.2, 0) is 11.3 Å².